The van der Waals surface area contributed by atoms with Gasteiger partial charge in [0.1, 0.15) is 11.2 Å². The van der Waals surface area contributed by atoms with E-state index >= 15 is 0 Å². The Hall–Kier alpha value is -7.43. The van der Waals surface area contributed by atoms with Crippen LogP contribution in [0.4, 0.5) is 0 Å². The van der Waals surface area contributed by atoms with Gasteiger partial charge in [-0.15, -0.1) is 0 Å². The molecular weight excluding hydrogens is 707 g/mol. The molecule has 0 saturated carbocycles. The van der Waals surface area contributed by atoms with Crippen LogP contribution in [0.2, 0.25) is 0 Å². The van der Waals surface area contributed by atoms with Gasteiger partial charge in [-0.1, -0.05) is 153 Å². The second-order valence-corrected chi connectivity index (χ2v) is 15.7. The SMILES string of the molecule is CC1(C)c2ccccc2-c2ccc(-c3ccc(-c4cc(-c5ccc(-c6ccc7oc8ccccc8c7c6)cc5)nc(-c5ccc(-c6cccnc6)cc5)n4)cc3)cc21. The van der Waals surface area contributed by atoms with Crippen LogP contribution < -0.4 is 0 Å². The third-order valence-electron chi connectivity index (χ3n) is 11.9. The van der Waals surface area contributed by atoms with Crippen LogP contribution in [0.15, 0.2) is 193 Å². The van der Waals surface area contributed by atoms with E-state index in [-0.39, 0.29) is 5.41 Å². The first-order chi connectivity index (χ1) is 28.5. The molecule has 1 aliphatic rings. The van der Waals surface area contributed by atoms with E-state index in [9.17, 15) is 0 Å². The minimum absolute atomic E-state index is 0.0493. The number of aromatic nitrogens is 3. The lowest BCUT2D eigenvalue weighted by molar-refractivity contribution is 0.660. The summed E-state index contributed by atoms with van der Waals surface area (Å²) in [7, 11) is 0. The number of fused-ring (bicyclic) bond motifs is 6. The molecule has 0 spiro atoms. The van der Waals surface area contributed by atoms with Crippen molar-refractivity contribution < 1.29 is 4.42 Å². The van der Waals surface area contributed by atoms with Crippen molar-refractivity contribution in [1.29, 1.82) is 0 Å². The number of furan rings is 1. The van der Waals surface area contributed by atoms with Crippen molar-refractivity contribution in [3.8, 4) is 78.4 Å². The van der Waals surface area contributed by atoms with Crippen LogP contribution in [0, 0.1) is 0 Å². The van der Waals surface area contributed by atoms with Crippen molar-refractivity contribution >= 4 is 21.9 Å². The molecule has 0 aliphatic heterocycles. The average Bonchev–Trinajstić information content (AvgIpc) is 3.77. The normalized spacial score (nSPS) is 12.8. The van der Waals surface area contributed by atoms with Gasteiger partial charge in [0.25, 0.3) is 0 Å². The Morgan fingerprint density at radius 1 is 0.397 bits per heavy atom. The number of hydrogen-bond donors (Lipinski definition) is 0. The largest absolute Gasteiger partial charge is 0.456 e. The average molecular weight is 744 g/mol. The molecule has 274 valence electrons. The van der Waals surface area contributed by atoms with Crippen LogP contribution in [0.5, 0.6) is 0 Å². The molecule has 0 unspecified atom stereocenters. The summed E-state index contributed by atoms with van der Waals surface area (Å²) in [6.07, 6.45) is 3.68. The van der Waals surface area contributed by atoms with Gasteiger partial charge in [0, 0.05) is 45.3 Å². The van der Waals surface area contributed by atoms with Gasteiger partial charge in [-0.2, -0.15) is 0 Å². The Balaban J connectivity index is 0.956. The van der Waals surface area contributed by atoms with E-state index in [1.54, 1.807) is 6.20 Å². The zero-order valence-corrected chi connectivity index (χ0v) is 32.1. The van der Waals surface area contributed by atoms with E-state index in [1.165, 1.54) is 33.4 Å². The second-order valence-electron chi connectivity index (χ2n) is 15.7. The zero-order valence-electron chi connectivity index (χ0n) is 32.1. The second kappa shape index (κ2) is 13.4. The molecule has 0 atom stereocenters. The molecule has 1 aliphatic carbocycles. The standard InChI is InChI=1S/C54H37N3O/c1-54(2)47-11-5-3-9-43(47)44-27-25-41(31-48(44)54)35-15-21-38(22-16-35)50-32-49(56-53(57-50)39-23-17-36(18-24-39)42-8-7-29-55-33-42)37-19-13-34(14-20-37)40-26-28-52-46(30-40)45-10-4-6-12-51(45)58-52/h3-33H,1-2H3. The van der Waals surface area contributed by atoms with Crippen molar-refractivity contribution in [3.05, 3.63) is 199 Å². The van der Waals surface area contributed by atoms with E-state index in [0.29, 0.717) is 5.82 Å². The maximum Gasteiger partial charge on any atom is 0.160 e. The zero-order chi connectivity index (χ0) is 38.8. The highest BCUT2D eigenvalue weighted by Crippen LogP contribution is 2.49. The summed E-state index contributed by atoms with van der Waals surface area (Å²) < 4.78 is 6.09. The third-order valence-corrected chi connectivity index (χ3v) is 11.9. The molecule has 11 rings (SSSR count). The maximum absolute atomic E-state index is 6.09. The van der Waals surface area contributed by atoms with Crippen molar-refractivity contribution in [2.75, 3.05) is 0 Å². The van der Waals surface area contributed by atoms with E-state index in [0.717, 1.165) is 72.3 Å². The Morgan fingerprint density at radius 3 is 1.66 bits per heavy atom. The lowest BCUT2D eigenvalue weighted by atomic mass is 9.81. The molecule has 10 aromatic rings. The minimum atomic E-state index is -0.0493. The van der Waals surface area contributed by atoms with Crippen LogP contribution in [-0.4, -0.2) is 15.0 Å². The van der Waals surface area contributed by atoms with Gasteiger partial charge in [0.15, 0.2) is 5.82 Å². The van der Waals surface area contributed by atoms with Gasteiger partial charge in [-0.3, -0.25) is 4.98 Å². The lowest BCUT2D eigenvalue weighted by Crippen LogP contribution is -2.14. The van der Waals surface area contributed by atoms with Crippen LogP contribution in [0.3, 0.4) is 0 Å². The first kappa shape index (κ1) is 33.9. The van der Waals surface area contributed by atoms with Crippen molar-refractivity contribution in [1.82, 2.24) is 15.0 Å². The molecular formula is C54H37N3O. The van der Waals surface area contributed by atoms with Gasteiger partial charge >= 0.3 is 0 Å². The molecule has 0 N–H and O–H groups in total. The summed E-state index contributed by atoms with van der Waals surface area (Å²) in [5.41, 5.74) is 18.7. The predicted octanol–water partition coefficient (Wildman–Crippen LogP) is 14.1. The highest BCUT2D eigenvalue weighted by atomic mass is 16.3. The van der Waals surface area contributed by atoms with Gasteiger partial charge in [-0.05, 0) is 92.0 Å². The van der Waals surface area contributed by atoms with Crippen molar-refractivity contribution in [2.24, 2.45) is 0 Å². The first-order valence-electron chi connectivity index (χ1n) is 19.7. The lowest BCUT2D eigenvalue weighted by Gasteiger charge is -2.22. The topological polar surface area (TPSA) is 51.8 Å². The summed E-state index contributed by atoms with van der Waals surface area (Å²) >= 11 is 0. The van der Waals surface area contributed by atoms with E-state index in [2.05, 4.69) is 177 Å². The molecule has 3 heterocycles. The smallest absolute Gasteiger partial charge is 0.160 e. The molecule has 3 aromatic heterocycles. The molecule has 0 radical (unpaired) electrons. The van der Waals surface area contributed by atoms with Crippen molar-refractivity contribution in [2.45, 2.75) is 19.3 Å². The fraction of sp³-hybridized carbons (Fsp3) is 0.0556. The van der Waals surface area contributed by atoms with E-state index in [4.69, 9.17) is 14.4 Å². The molecule has 4 nitrogen and oxygen atoms in total. The fourth-order valence-electron chi connectivity index (χ4n) is 8.67. The highest BCUT2D eigenvalue weighted by Gasteiger charge is 2.35. The van der Waals surface area contributed by atoms with Crippen LogP contribution in [-0.2, 0) is 5.41 Å². The Labute approximate surface area is 337 Å². The molecule has 58 heavy (non-hydrogen) atoms. The van der Waals surface area contributed by atoms with Gasteiger partial charge in [0.05, 0.1) is 11.4 Å². The summed E-state index contributed by atoms with van der Waals surface area (Å²) in [6, 6.07) is 62.3. The molecule has 0 fully saturated rings. The minimum Gasteiger partial charge on any atom is -0.456 e. The summed E-state index contributed by atoms with van der Waals surface area (Å²) in [6.45, 7) is 4.66. The third kappa shape index (κ3) is 5.72. The van der Waals surface area contributed by atoms with Crippen LogP contribution >= 0.6 is 0 Å². The number of pyridine rings is 1. The molecule has 0 amide bonds. The number of rotatable bonds is 6. The Morgan fingerprint density at radius 2 is 0.948 bits per heavy atom. The van der Waals surface area contributed by atoms with Gasteiger partial charge in [0.2, 0.25) is 0 Å². The summed E-state index contributed by atoms with van der Waals surface area (Å²) in [5.74, 6) is 0.677. The number of hydrogen-bond acceptors (Lipinski definition) is 4. The quantitative estimate of drug-likeness (QED) is 0.170. The van der Waals surface area contributed by atoms with Gasteiger partial charge in [-0.25, -0.2) is 9.97 Å². The molecule has 7 aromatic carbocycles. The molecule has 4 heteroatoms. The van der Waals surface area contributed by atoms with E-state index in [1.807, 2.05) is 24.4 Å². The first-order valence-corrected chi connectivity index (χ1v) is 19.7. The summed E-state index contributed by atoms with van der Waals surface area (Å²) in [4.78, 5) is 14.6. The fourth-order valence-corrected chi connectivity index (χ4v) is 8.67. The number of benzene rings is 7. The molecule has 0 bridgehead atoms. The van der Waals surface area contributed by atoms with E-state index < -0.39 is 0 Å². The van der Waals surface area contributed by atoms with Gasteiger partial charge < -0.3 is 4.42 Å². The molecule has 0 saturated heterocycles. The van der Waals surface area contributed by atoms with Crippen LogP contribution in [0.1, 0.15) is 25.0 Å². The van der Waals surface area contributed by atoms with Crippen molar-refractivity contribution in [3.63, 3.8) is 0 Å². The Bertz CT molecular complexity index is 3160. The number of para-hydroxylation sites is 1. The number of nitrogens with zero attached hydrogens (tertiary/aromatic N) is 3. The maximum atomic E-state index is 6.09. The monoisotopic (exact) mass is 743 g/mol. The summed E-state index contributed by atoms with van der Waals surface area (Å²) in [5, 5.41) is 2.24. The Kier molecular flexibility index (Phi) is 7.80. The predicted molar refractivity (Wildman–Crippen MR) is 237 cm³/mol. The van der Waals surface area contributed by atoms with Crippen LogP contribution in [0.25, 0.3) is 100 Å². The highest BCUT2D eigenvalue weighted by molar-refractivity contribution is 6.06.